The average molecular weight is 415 g/mol. The predicted molar refractivity (Wildman–Crippen MR) is 120 cm³/mol. The molecule has 1 unspecified atom stereocenters. The van der Waals surface area contributed by atoms with Gasteiger partial charge in [-0.25, -0.2) is 4.98 Å². The molecule has 1 atom stereocenters. The number of aryl methyl sites for hydroxylation is 1. The molecule has 1 fully saturated rings. The minimum absolute atomic E-state index is 0.0236. The van der Waals surface area contributed by atoms with Crippen LogP contribution in [0.1, 0.15) is 29.1 Å². The summed E-state index contributed by atoms with van der Waals surface area (Å²) in [6.45, 7) is 2.99. The van der Waals surface area contributed by atoms with Crippen LogP contribution in [0.4, 0.5) is 17.1 Å². The molecule has 1 saturated heterocycles. The van der Waals surface area contributed by atoms with Crippen molar-refractivity contribution in [2.45, 2.75) is 26.2 Å². The quantitative estimate of drug-likeness (QED) is 0.641. The number of imidazole rings is 1. The normalized spacial score (nSPS) is 18.0. The van der Waals surface area contributed by atoms with Gasteiger partial charge >= 0.3 is 0 Å². The number of rotatable bonds is 4. The number of benzene rings is 2. The van der Waals surface area contributed by atoms with E-state index in [9.17, 15) is 9.59 Å². The first-order valence-corrected chi connectivity index (χ1v) is 10.6. The molecule has 31 heavy (non-hydrogen) atoms. The van der Waals surface area contributed by atoms with Crippen LogP contribution in [0.3, 0.4) is 0 Å². The van der Waals surface area contributed by atoms with Gasteiger partial charge < -0.3 is 20.5 Å². The van der Waals surface area contributed by atoms with Crippen molar-refractivity contribution in [3.63, 3.8) is 0 Å². The van der Waals surface area contributed by atoms with Crippen LogP contribution in [0.5, 0.6) is 0 Å². The van der Waals surface area contributed by atoms with Crippen LogP contribution in [0.2, 0.25) is 0 Å². The van der Waals surface area contributed by atoms with Crippen LogP contribution >= 0.6 is 0 Å². The van der Waals surface area contributed by atoms with E-state index in [1.165, 1.54) is 11.1 Å². The lowest BCUT2D eigenvalue weighted by Gasteiger charge is -2.22. The zero-order valence-corrected chi connectivity index (χ0v) is 17.5. The Morgan fingerprint density at radius 1 is 1.26 bits per heavy atom. The van der Waals surface area contributed by atoms with Crippen LogP contribution in [-0.2, 0) is 22.4 Å². The number of nitrogens with two attached hydrogens (primary N) is 1. The van der Waals surface area contributed by atoms with Crippen molar-refractivity contribution in [1.29, 1.82) is 0 Å². The highest BCUT2D eigenvalue weighted by atomic mass is 16.2. The van der Waals surface area contributed by atoms with Crippen LogP contribution in [0.15, 0.2) is 48.7 Å². The van der Waals surface area contributed by atoms with E-state index in [1.54, 1.807) is 17.0 Å². The van der Waals surface area contributed by atoms with Crippen molar-refractivity contribution in [2.75, 3.05) is 28.6 Å². The second-order valence-electron chi connectivity index (χ2n) is 8.37. The van der Waals surface area contributed by atoms with E-state index in [4.69, 9.17) is 5.73 Å². The summed E-state index contributed by atoms with van der Waals surface area (Å²) < 4.78 is 0. The highest BCUT2D eigenvalue weighted by Gasteiger charge is 2.39. The van der Waals surface area contributed by atoms with Gasteiger partial charge in [0.25, 0.3) is 0 Å². The van der Waals surface area contributed by atoms with Crippen LogP contribution in [0.25, 0.3) is 0 Å². The van der Waals surface area contributed by atoms with Gasteiger partial charge in [0.1, 0.15) is 5.82 Å². The fourth-order valence-electron chi connectivity index (χ4n) is 4.61. The van der Waals surface area contributed by atoms with Crippen LogP contribution < -0.4 is 15.5 Å². The van der Waals surface area contributed by atoms with Crippen molar-refractivity contribution >= 4 is 28.9 Å². The predicted octanol–water partition coefficient (Wildman–Crippen LogP) is 2.83. The minimum atomic E-state index is -0.340. The number of fused-ring (bicyclic) bond motifs is 1. The Hall–Kier alpha value is -3.61. The summed E-state index contributed by atoms with van der Waals surface area (Å²) in [5.74, 6) is 0.558. The van der Waals surface area contributed by atoms with Gasteiger partial charge in [0, 0.05) is 54.9 Å². The number of hydrogen-bond donors (Lipinski definition) is 2. The molecule has 7 heteroatoms. The van der Waals surface area contributed by atoms with Gasteiger partial charge in [0.15, 0.2) is 0 Å². The molecule has 2 aliphatic rings. The number of nitrogen functional groups attached to an aromatic ring is 1. The zero-order chi connectivity index (χ0) is 21.5. The maximum Gasteiger partial charge on any atom is 0.232 e. The van der Waals surface area contributed by atoms with Crippen molar-refractivity contribution in [2.24, 2.45) is 5.92 Å². The lowest BCUT2D eigenvalue weighted by atomic mass is 10.0. The van der Waals surface area contributed by atoms with E-state index in [1.807, 2.05) is 36.2 Å². The number of carbonyl (C=O) groups is 2. The Labute approximate surface area is 180 Å². The molecule has 3 heterocycles. The number of anilines is 3. The Bertz CT molecular complexity index is 1170. The molecule has 1 aromatic heterocycles. The fraction of sp³-hybridized carbons (Fsp3) is 0.292. The Morgan fingerprint density at radius 2 is 2.13 bits per heavy atom. The van der Waals surface area contributed by atoms with Gasteiger partial charge in [0.2, 0.25) is 11.8 Å². The molecule has 7 nitrogen and oxygen atoms in total. The number of aromatic amines is 1. The van der Waals surface area contributed by atoms with Crippen LogP contribution in [-0.4, -0.2) is 34.9 Å². The van der Waals surface area contributed by atoms with Crippen molar-refractivity contribution in [3.05, 3.63) is 71.3 Å². The first-order chi connectivity index (χ1) is 15.0. The summed E-state index contributed by atoms with van der Waals surface area (Å²) in [4.78, 5) is 36.9. The molecule has 158 valence electrons. The molecule has 0 aliphatic carbocycles. The van der Waals surface area contributed by atoms with Gasteiger partial charge in [-0.1, -0.05) is 18.2 Å². The van der Waals surface area contributed by atoms with E-state index in [0.717, 1.165) is 35.7 Å². The molecule has 2 aromatic carbocycles. The van der Waals surface area contributed by atoms with E-state index < -0.39 is 0 Å². The number of carbonyl (C=O) groups excluding carboxylic acids is 2. The third kappa shape index (κ3) is 3.67. The number of amides is 2. The molecule has 5 rings (SSSR count). The molecular formula is C24H25N5O2. The molecule has 0 saturated carbocycles. The molecule has 0 radical (unpaired) electrons. The van der Waals surface area contributed by atoms with E-state index in [-0.39, 0.29) is 24.2 Å². The minimum Gasteiger partial charge on any atom is -0.399 e. The van der Waals surface area contributed by atoms with E-state index in [2.05, 4.69) is 22.1 Å². The van der Waals surface area contributed by atoms with Gasteiger partial charge in [-0.3, -0.25) is 9.59 Å². The SMILES string of the molecule is Cc1ncc(Cc2ccc3c(c2)CCN3C(=O)C2CC(=O)N(c3cccc(N)c3)C2)[nH]1. The second kappa shape index (κ2) is 7.58. The number of H-pyrrole nitrogens is 1. The maximum absolute atomic E-state index is 13.3. The summed E-state index contributed by atoms with van der Waals surface area (Å²) in [5, 5.41) is 0. The lowest BCUT2D eigenvalue weighted by Crippen LogP contribution is -2.36. The van der Waals surface area contributed by atoms with Gasteiger partial charge in [0.05, 0.1) is 5.92 Å². The summed E-state index contributed by atoms with van der Waals surface area (Å²) in [7, 11) is 0. The maximum atomic E-state index is 13.3. The highest BCUT2D eigenvalue weighted by Crippen LogP contribution is 2.33. The fourth-order valence-corrected chi connectivity index (χ4v) is 4.61. The number of nitrogens with zero attached hydrogens (tertiary/aromatic N) is 3. The van der Waals surface area contributed by atoms with Crippen molar-refractivity contribution < 1.29 is 9.59 Å². The summed E-state index contributed by atoms with van der Waals surface area (Å²) in [6.07, 6.45) is 3.71. The number of hydrogen-bond acceptors (Lipinski definition) is 4. The zero-order valence-electron chi connectivity index (χ0n) is 17.5. The third-order valence-electron chi connectivity index (χ3n) is 6.11. The van der Waals surface area contributed by atoms with Crippen molar-refractivity contribution in [1.82, 2.24) is 9.97 Å². The molecule has 2 aliphatic heterocycles. The summed E-state index contributed by atoms with van der Waals surface area (Å²) in [6, 6.07) is 13.5. The molecule has 0 bridgehead atoms. The Morgan fingerprint density at radius 3 is 2.90 bits per heavy atom. The van der Waals surface area contributed by atoms with E-state index >= 15 is 0 Å². The number of aromatic nitrogens is 2. The molecular weight excluding hydrogens is 390 g/mol. The summed E-state index contributed by atoms with van der Waals surface area (Å²) >= 11 is 0. The van der Waals surface area contributed by atoms with Gasteiger partial charge in [-0.15, -0.1) is 0 Å². The van der Waals surface area contributed by atoms with Gasteiger partial charge in [-0.05, 0) is 48.7 Å². The monoisotopic (exact) mass is 415 g/mol. The molecule has 3 aromatic rings. The lowest BCUT2D eigenvalue weighted by molar-refractivity contribution is -0.124. The molecule has 3 N–H and O–H groups in total. The average Bonchev–Trinajstić information content (AvgIpc) is 3.46. The first-order valence-electron chi connectivity index (χ1n) is 10.6. The molecule has 2 amide bonds. The third-order valence-corrected chi connectivity index (χ3v) is 6.11. The van der Waals surface area contributed by atoms with Gasteiger partial charge in [-0.2, -0.15) is 0 Å². The van der Waals surface area contributed by atoms with Crippen LogP contribution in [0, 0.1) is 12.8 Å². The number of nitrogens with one attached hydrogen (secondary N) is 1. The summed E-state index contributed by atoms with van der Waals surface area (Å²) in [5.41, 5.74) is 11.6. The largest absolute Gasteiger partial charge is 0.399 e. The first kappa shape index (κ1) is 19.4. The van der Waals surface area contributed by atoms with Crippen molar-refractivity contribution in [3.8, 4) is 0 Å². The smallest absolute Gasteiger partial charge is 0.232 e. The standard InChI is InChI=1S/C24H25N5O2/c1-15-26-13-20(27-15)10-16-5-6-22-17(9-16)7-8-28(22)24(31)18-11-23(30)29(14-18)21-4-2-3-19(25)12-21/h2-6,9,12-13,18H,7-8,10-11,14,25H2,1H3,(H,26,27). The topological polar surface area (TPSA) is 95.3 Å². The molecule has 0 spiro atoms. The highest BCUT2D eigenvalue weighted by molar-refractivity contribution is 6.05. The Kier molecular flexibility index (Phi) is 4.73. The second-order valence-corrected chi connectivity index (χ2v) is 8.37. The Balaban J connectivity index is 1.31. The van der Waals surface area contributed by atoms with E-state index in [0.29, 0.717) is 18.8 Å².